The number of likely N-dealkylation sites (N-methyl/N-ethyl adjacent to an activating group) is 1. The van der Waals surface area contributed by atoms with Crippen molar-refractivity contribution in [3.8, 4) is 11.3 Å². The number of aromatic nitrogens is 2. The van der Waals surface area contributed by atoms with Crippen molar-refractivity contribution >= 4 is 5.57 Å². The first-order chi connectivity index (χ1) is 13.0. The third-order valence-electron chi connectivity index (χ3n) is 4.53. The van der Waals surface area contributed by atoms with Crippen molar-refractivity contribution in [1.82, 2.24) is 15.1 Å². The number of benzene rings is 2. The second-order valence-electron chi connectivity index (χ2n) is 6.57. The molecule has 0 unspecified atom stereocenters. The lowest BCUT2D eigenvalue weighted by Crippen LogP contribution is -2.16. The molecule has 2 aromatic carbocycles. The molecule has 0 radical (unpaired) electrons. The lowest BCUT2D eigenvalue weighted by molar-refractivity contribution is 0.365. The first-order valence-electron chi connectivity index (χ1n) is 8.47. The number of nitrogens with zero attached hydrogens (tertiary/aromatic N) is 3. The van der Waals surface area contributed by atoms with E-state index in [2.05, 4.69) is 10.2 Å². The fraction of sp³-hybridized carbons (Fsp3) is 0.143. The molecule has 0 saturated heterocycles. The minimum atomic E-state index is -0.693. The number of halogens is 3. The van der Waals surface area contributed by atoms with E-state index in [0.29, 0.717) is 41.0 Å². The van der Waals surface area contributed by atoms with E-state index in [1.165, 1.54) is 18.2 Å². The first-order valence-corrected chi connectivity index (χ1v) is 8.47. The summed E-state index contributed by atoms with van der Waals surface area (Å²) < 4.78 is 42.6. The predicted molar refractivity (Wildman–Crippen MR) is 97.2 cm³/mol. The van der Waals surface area contributed by atoms with Gasteiger partial charge in [0, 0.05) is 36.5 Å². The van der Waals surface area contributed by atoms with Crippen molar-refractivity contribution in [2.24, 2.45) is 0 Å². The van der Waals surface area contributed by atoms with Crippen LogP contribution in [0.3, 0.4) is 0 Å². The molecule has 4 rings (SSSR count). The molecule has 1 aromatic heterocycles. The van der Waals surface area contributed by atoms with Gasteiger partial charge in [-0.05, 0) is 60.1 Å². The zero-order chi connectivity index (χ0) is 19.0. The summed E-state index contributed by atoms with van der Waals surface area (Å²) >= 11 is 0. The molecule has 3 nitrogen and oxygen atoms in total. The Hall–Kier alpha value is -2.99. The highest BCUT2D eigenvalue weighted by atomic mass is 19.1. The third-order valence-corrected chi connectivity index (χ3v) is 4.53. The summed E-state index contributed by atoms with van der Waals surface area (Å²) in [6.45, 7) is 1.03. The lowest BCUT2D eigenvalue weighted by atomic mass is 9.91. The van der Waals surface area contributed by atoms with E-state index in [-0.39, 0.29) is 0 Å². The summed E-state index contributed by atoms with van der Waals surface area (Å²) in [7, 11) is 1.91. The molecule has 0 aliphatic carbocycles. The monoisotopic (exact) mass is 367 g/mol. The van der Waals surface area contributed by atoms with Gasteiger partial charge in [-0.3, -0.25) is 4.90 Å². The minimum absolute atomic E-state index is 0.315. The van der Waals surface area contributed by atoms with E-state index >= 15 is 4.39 Å². The van der Waals surface area contributed by atoms with Crippen molar-refractivity contribution in [3.63, 3.8) is 0 Å². The smallest absolute Gasteiger partial charge is 0.132 e. The molecule has 2 heterocycles. The van der Waals surface area contributed by atoms with Gasteiger partial charge in [0.1, 0.15) is 17.5 Å². The van der Waals surface area contributed by atoms with E-state index in [9.17, 15) is 8.78 Å². The summed E-state index contributed by atoms with van der Waals surface area (Å²) in [5.74, 6) is -1.84. The molecule has 3 aromatic rings. The molecule has 0 spiro atoms. The van der Waals surface area contributed by atoms with Gasteiger partial charge in [0.05, 0.1) is 5.69 Å². The van der Waals surface area contributed by atoms with E-state index in [4.69, 9.17) is 0 Å². The van der Waals surface area contributed by atoms with Crippen molar-refractivity contribution in [1.29, 1.82) is 0 Å². The normalized spacial score (nSPS) is 14.4. The van der Waals surface area contributed by atoms with E-state index in [0.717, 1.165) is 11.6 Å². The Bertz CT molecular complexity index is 1010. The van der Waals surface area contributed by atoms with E-state index in [1.807, 2.05) is 18.0 Å². The highest BCUT2D eigenvalue weighted by Crippen LogP contribution is 2.35. The quantitative estimate of drug-likeness (QED) is 0.671. The molecule has 1 aliphatic heterocycles. The molecule has 0 N–H and O–H groups in total. The van der Waals surface area contributed by atoms with Crippen LogP contribution in [0.4, 0.5) is 13.2 Å². The van der Waals surface area contributed by atoms with Gasteiger partial charge in [-0.15, -0.1) is 0 Å². The van der Waals surface area contributed by atoms with Crippen molar-refractivity contribution in [2.45, 2.75) is 6.54 Å². The van der Waals surface area contributed by atoms with Crippen LogP contribution < -0.4 is 0 Å². The second kappa shape index (κ2) is 6.96. The number of hydrogen-bond donors (Lipinski definition) is 0. The van der Waals surface area contributed by atoms with Gasteiger partial charge in [-0.1, -0.05) is 6.08 Å². The van der Waals surface area contributed by atoms with Gasteiger partial charge in [-0.2, -0.15) is 10.2 Å². The maximum Gasteiger partial charge on any atom is 0.132 e. The SMILES string of the molecule is CN1CC=C(c2cc(F)cc(F)c2)c2c(F)cc(-c3cccnn3)cc2C1. The van der Waals surface area contributed by atoms with Gasteiger partial charge in [0.15, 0.2) is 0 Å². The highest BCUT2D eigenvalue weighted by molar-refractivity contribution is 5.83. The van der Waals surface area contributed by atoms with Crippen LogP contribution in [0, 0.1) is 17.5 Å². The van der Waals surface area contributed by atoms with Crippen LogP contribution in [0.1, 0.15) is 16.7 Å². The van der Waals surface area contributed by atoms with Crippen LogP contribution in [-0.4, -0.2) is 28.7 Å². The molecule has 1 aliphatic rings. The van der Waals surface area contributed by atoms with Crippen LogP contribution >= 0.6 is 0 Å². The molecule has 27 heavy (non-hydrogen) atoms. The van der Waals surface area contributed by atoms with E-state index < -0.39 is 17.5 Å². The van der Waals surface area contributed by atoms with Crippen LogP contribution in [0.2, 0.25) is 0 Å². The zero-order valence-corrected chi connectivity index (χ0v) is 14.6. The summed E-state index contributed by atoms with van der Waals surface area (Å²) in [4.78, 5) is 2.00. The topological polar surface area (TPSA) is 29.0 Å². The molecule has 6 heteroatoms. The number of rotatable bonds is 2. The molecule has 0 fully saturated rings. The van der Waals surface area contributed by atoms with Crippen molar-refractivity contribution in [2.75, 3.05) is 13.6 Å². The predicted octanol–water partition coefficient (Wildman–Crippen LogP) is 4.44. The van der Waals surface area contributed by atoms with Crippen LogP contribution in [0.5, 0.6) is 0 Å². The Morgan fingerprint density at radius 2 is 1.74 bits per heavy atom. The zero-order valence-electron chi connectivity index (χ0n) is 14.6. The average Bonchev–Trinajstić information content (AvgIpc) is 2.80. The Balaban J connectivity index is 1.90. The molecule has 0 saturated carbocycles. The first kappa shape index (κ1) is 17.4. The van der Waals surface area contributed by atoms with Gasteiger partial charge in [0.25, 0.3) is 0 Å². The van der Waals surface area contributed by atoms with Gasteiger partial charge < -0.3 is 0 Å². The second-order valence-corrected chi connectivity index (χ2v) is 6.57. The van der Waals surface area contributed by atoms with Crippen LogP contribution in [0.25, 0.3) is 16.8 Å². The molecular formula is C21H16F3N3. The van der Waals surface area contributed by atoms with E-state index in [1.54, 1.807) is 24.4 Å². The lowest BCUT2D eigenvalue weighted by Gasteiger charge is -2.16. The maximum atomic E-state index is 15.2. The number of hydrogen-bond acceptors (Lipinski definition) is 3. The van der Waals surface area contributed by atoms with Crippen molar-refractivity contribution < 1.29 is 13.2 Å². The van der Waals surface area contributed by atoms with Crippen molar-refractivity contribution in [3.05, 3.63) is 88.9 Å². The van der Waals surface area contributed by atoms with Gasteiger partial charge in [-0.25, -0.2) is 13.2 Å². The standard InChI is InChI=1S/C21H16F3N3/c1-27-6-4-18(13-8-16(22)11-17(23)9-13)21-15(12-27)7-14(10-19(21)24)20-3-2-5-25-26-20/h2-5,7-11H,6,12H2,1H3. The third kappa shape index (κ3) is 3.48. The largest absolute Gasteiger partial charge is 0.298 e. The number of fused-ring (bicyclic) bond motifs is 1. The summed E-state index contributed by atoms with van der Waals surface area (Å²) in [5, 5.41) is 7.88. The Labute approximate surface area is 154 Å². The Kier molecular flexibility index (Phi) is 4.49. The average molecular weight is 367 g/mol. The molecule has 0 amide bonds. The van der Waals surface area contributed by atoms with Crippen LogP contribution in [0.15, 0.2) is 54.7 Å². The maximum absolute atomic E-state index is 15.2. The van der Waals surface area contributed by atoms with Gasteiger partial charge in [0.2, 0.25) is 0 Å². The molecule has 0 bridgehead atoms. The van der Waals surface area contributed by atoms with Crippen LogP contribution in [-0.2, 0) is 6.54 Å². The molecule has 136 valence electrons. The fourth-order valence-electron chi connectivity index (χ4n) is 3.37. The summed E-state index contributed by atoms with van der Waals surface area (Å²) in [6.07, 6.45) is 3.35. The Morgan fingerprint density at radius 1 is 0.963 bits per heavy atom. The highest BCUT2D eigenvalue weighted by Gasteiger charge is 2.22. The Morgan fingerprint density at radius 3 is 2.44 bits per heavy atom. The minimum Gasteiger partial charge on any atom is -0.298 e. The molecular weight excluding hydrogens is 351 g/mol. The van der Waals surface area contributed by atoms with Gasteiger partial charge >= 0.3 is 0 Å². The fourth-order valence-corrected chi connectivity index (χ4v) is 3.37. The summed E-state index contributed by atoms with van der Waals surface area (Å²) in [5.41, 5.74) is 3.06. The molecule has 0 atom stereocenters. The summed E-state index contributed by atoms with van der Waals surface area (Å²) in [6, 6.07) is 9.99.